The van der Waals surface area contributed by atoms with E-state index >= 15 is 0 Å². The van der Waals surface area contributed by atoms with E-state index in [0.717, 1.165) is 6.54 Å². The van der Waals surface area contributed by atoms with Crippen LogP contribution in [-0.2, 0) is 4.74 Å². The lowest BCUT2D eigenvalue weighted by molar-refractivity contribution is 0.0734. The summed E-state index contributed by atoms with van der Waals surface area (Å²) in [6, 6.07) is 5.06. The molecule has 3 rings (SSSR count). The molecule has 1 aliphatic heterocycles. The van der Waals surface area contributed by atoms with E-state index in [2.05, 4.69) is 15.5 Å². The average molecular weight is 337 g/mol. The van der Waals surface area contributed by atoms with Crippen LogP contribution >= 0.6 is 35.6 Å². The van der Waals surface area contributed by atoms with Gasteiger partial charge < -0.3 is 14.6 Å². The topological polar surface area (TPSA) is 60.2 Å². The lowest BCUT2D eigenvalue weighted by Gasteiger charge is -2.20. The van der Waals surface area contributed by atoms with Crippen molar-refractivity contribution in [2.45, 2.75) is 6.04 Å². The number of aromatic nitrogens is 2. The molecule has 1 aromatic carbocycles. The normalized spacial score (nSPS) is 18.6. The molecule has 0 saturated carbocycles. The van der Waals surface area contributed by atoms with Gasteiger partial charge in [0.2, 0.25) is 0 Å². The van der Waals surface area contributed by atoms with Gasteiger partial charge in [-0.2, -0.15) is 4.98 Å². The van der Waals surface area contributed by atoms with Crippen molar-refractivity contribution in [3.63, 3.8) is 0 Å². The van der Waals surface area contributed by atoms with E-state index in [4.69, 9.17) is 32.5 Å². The minimum atomic E-state index is -0.0517. The van der Waals surface area contributed by atoms with Crippen molar-refractivity contribution in [3.05, 3.63) is 34.1 Å². The minimum Gasteiger partial charge on any atom is -0.378 e. The van der Waals surface area contributed by atoms with E-state index in [1.54, 1.807) is 18.2 Å². The first-order chi connectivity index (χ1) is 9.24. The molecule has 2 heterocycles. The summed E-state index contributed by atoms with van der Waals surface area (Å²) in [7, 11) is 0. The van der Waals surface area contributed by atoms with Gasteiger partial charge in [0.1, 0.15) is 0 Å². The predicted molar refractivity (Wildman–Crippen MR) is 78.6 cm³/mol. The molecule has 5 nitrogen and oxygen atoms in total. The summed E-state index contributed by atoms with van der Waals surface area (Å²) in [5.41, 5.74) is 0.629. The SMILES string of the molecule is Cl.Clc1ccc(Cl)c(-c2nc(C3COCCN3)no2)c1. The molecule has 0 amide bonds. The first-order valence-corrected chi connectivity index (χ1v) is 6.60. The van der Waals surface area contributed by atoms with Gasteiger partial charge >= 0.3 is 0 Å². The molecule has 1 atom stereocenters. The highest BCUT2D eigenvalue weighted by Gasteiger charge is 2.22. The Labute approximate surface area is 132 Å². The molecule has 1 aliphatic rings. The lowest BCUT2D eigenvalue weighted by Crippen LogP contribution is -2.35. The summed E-state index contributed by atoms with van der Waals surface area (Å²) < 4.78 is 10.6. The molecule has 1 saturated heterocycles. The molecular weight excluding hydrogens is 325 g/mol. The van der Waals surface area contributed by atoms with Gasteiger partial charge in [0, 0.05) is 11.6 Å². The fraction of sp³-hybridized carbons (Fsp3) is 0.333. The summed E-state index contributed by atoms with van der Waals surface area (Å²) in [6.45, 7) is 2.00. The van der Waals surface area contributed by atoms with Crippen molar-refractivity contribution in [3.8, 4) is 11.5 Å². The second-order valence-electron chi connectivity index (χ2n) is 4.16. The van der Waals surface area contributed by atoms with Crippen molar-refractivity contribution in [2.75, 3.05) is 19.8 Å². The second-order valence-corrected chi connectivity index (χ2v) is 5.01. The number of ether oxygens (including phenoxy) is 1. The smallest absolute Gasteiger partial charge is 0.259 e. The Hall–Kier alpha value is -0.850. The number of halogens is 3. The largest absolute Gasteiger partial charge is 0.378 e. The number of morpholine rings is 1. The van der Waals surface area contributed by atoms with Crippen LogP contribution in [0.1, 0.15) is 11.9 Å². The van der Waals surface area contributed by atoms with E-state index in [1.165, 1.54) is 0 Å². The van der Waals surface area contributed by atoms with Crippen LogP contribution in [0.15, 0.2) is 22.7 Å². The van der Waals surface area contributed by atoms with Gasteiger partial charge in [-0.15, -0.1) is 12.4 Å². The Balaban J connectivity index is 0.00000147. The summed E-state index contributed by atoms with van der Waals surface area (Å²) in [5.74, 6) is 0.917. The molecule has 1 N–H and O–H groups in total. The van der Waals surface area contributed by atoms with Crippen molar-refractivity contribution in [2.24, 2.45) is 0 Å². The number of rotatable bonds is 2. The van der Waals surface area contributed by atoms with Crippen molar-refractivity contribution in [1.82, 2.24) is 15.5 Å². The summed E-state index contributed by atoms with van der Waals surface area (Å²) in [4.78, 5) is 4.34. The molecule has 0 bridgehead atoms. The summed E-state index contributed by atoms with van der Waals surface area (Å²) in [6.07, 6.45) is 0. The van der Waals surface area contributed by atoms with Gasteiger partial charge in [-0.25, -0.2) is 0 Å². The predicted octanol–water partition coefficient (Wildman–Crippen LogP) is 3.13. The molecule has 20 heavy (non-hydrogen) atoms. The second kappa shape index (κ2) is 6.74. The highest BCUT2D eigenvalue weighted by Crippen LogP contribution is 2.30. The Morgan fingerprint density at radius 2 is 2.15 bits per heavy atom. The van der Waals surface area contributed by atoms with E-state index in [9.17, 15) is 0 Å². The van der Waals surface area contributed by atoms with Crippen LogP contribution in [0.25, 0.3) is 11.5 Å². The summed E-state index contributed by atoms with van der Waals surface area (Å²) >= 11 is 12.0. The highest BCUT2D eigenvalue weighted by molar-refractivity contribution is 6.35. The van der Waals surface area contributed by atoms with Gasteiger partial charge in [0.15, 0.2) is 5.82 Å². The zero-order valence-corrected chi connectivity index (χ0v) is 12.6. The third kappa shape index (κ3) is 3.24. The Kier molecular flexibility index (Phi) is 5.23. The highest BCUT2D eigenvalue weighted by atomic mass is 35.5. The molecule has 0 radical (unpaired) electrons. The molecule has 8 heteroatoms. The number of hydrogen-bond acceptors (Lipinski definition) is 5. The molecule has 2 aromatic rings. The summed E-state index contributed by atoms with van der Waals surface area (Å²) in [5, 5.41) is 8.30. The zero-order chi connectivity index (χ0) is 13.2. The van der Waals surface area contributed by atoms with Gasteiger partial charge in [-0.1, -0.05) is 28.4 Å². The third-order valence-corrected chi connectivity index (χ3v) is 3.40. The van der Waals surface area contributed by atoms with Crippen LogP contribution < -0.4 is 5.32 Å². The van der Waals surface area contributed by atoms with Crippen LogP contribution in [0, 0.1) is 0 Å². The maximum absolute atomic E-state index is 6.10. The van der Waals surface area contributed by atoms with Crippen molar-refractivity contribution < 1.29 is 9.26 Å². The average Bonchev–Trinajstić information content (AvgIpc) is 2.92. The number of benzene rings is 1. The standard InChI is InChI=1S/C12H11Cl2N3O2.ClH/c13-7-1-2-9(14)8(5-7)12-16-11(17-19-12)10-6-18-4-3-15-10;/h1-2,5,10,15H,3-4,6H2;1H. The van der Waals surface area contributed by atoms with Gasteiger partial charge in [0.25, 0.3) is 5.89 Å². The van der Waals surface area contributed by atoms with E-state index in [-0.39, 0.29) is 18.4 Å². The van der Waals surface area contributed by atoms with Gasteiger partial charge in [-0.05, 0) is 18.2 Å². The molecule has 1 unspecified atom stereocenters. The quantitative estimate of drug-likeness (QED) is 0.913. The fourth-order valence-electron chi connectivity index (χ4n) is 1.88. The first-order valence-electron chi connectivity index (χ1n) is 5.84. The lowest BCUT2D eigenvalue weighted by atomic mass is 10.2. The van der Waals surface area contributed by atoms with Gasteiger partial charge in [0.05, 0.1) is 29.8 Å². The molecule has 1 aromatic heterocycles. The van der Waals surface area contributed by atoms with Crippen molar-refractivity contribution >= 4 is 35.6 Å². The number of nitrogens with one attached hydrogen (secondary N) is 1. The maximum atomic E-state index is 6.10. The molecule has 1 fully saturated rings. The van der Waals surface area contributed by atoms with Gasteiger partial charge in [-0.3, -0.25) is 0 Å². The van der Waals surface area contributed by atoms with Crippen LogP contribution in [0.4, 0.5) is 0 Å². The van der Waals surface area contributed by atoms with Crippen LogP contribution in [0.5, 0.6) is 0 Å². The molecular formula is C12H12Cl3N3O2. The third-order valence-electron chi connectivity index (χ3n) is 2.83. The van der Waals surface area contributed by atoms with Crippen LogP contribution in [0.2, 0.25) is 10.0 Å². The fourth-order valence-corrected chi connectivity index (χ4v) is 2.25. The molecule has 0 aliphatic carbocycles. The van der Waals surface area contributed by atoms with E-state index in [0.29, 0.717) is 40.5 Å². The maximum Gasteiger partial charge on any atom is 0.259 e. The first kappa shape index (κ1) is 15.5. The zero-order valence-electron chi connectivity index (χ0n) is 10.3. The van der Waals surface area contributed by atoms with E-state index in [1.807, 2.05) is 0 Å². The van der Waals surface area contributed by atoms with Crippen LogP contribution in [-0.4, -0.2) is 29.9 Å². The number of hydrogen-bond donors (Lipinski definition) is 1. The van der Waals surface area contributed by atoms with Crippen molar-refractivity contribution in [1.29, 1.82) is 0 Å². The Bertz CT molecular complexity index is 585. The van der Waals surface area contributed by atoms with Crippen LogP contribution in [0.3, 0.4) is 0 Å². The minimum absolute atomic E-state index is 0. The Morgan fingerprint density at radius 3 is 2.90 bits per heavy atom. The number of nitrogens with zero attached hydrogens (tertiary/aromatic N) is 2. The molecule has 0 spiro atoms. The Morgan fingerprint density at radius 1 is 1.30 bits per heavy atom. The molecule has 108 valence electrons. The van der Waals surface area contributed by atoms with E-state index < -0.39 is 0 Å². The monoisotopic (exact) mass is 335 g/mol.